The summed E-state index contributed by atoms with van der Waals surface area (Å²) in [6.45, 7) is 1.33. The number of hydrogen-bond acceptors (Lipinski definition) is 5. The molecule has 2 aromatic rings. The summed E-state index contributed by atoms with van der Waals surface area (Å²) in [6, 6.07) is 12.2. The van der Waals surface area contributed by atoms with Gasteiger partial charge in [0.1, 0.15) is 5.75 Å². The Morgan fingerprint density at radius 1 is 1.00 bits per heavy atom. The van der Waals surface area contributed by atoms with Crippen LogP contribution in [0, 0.1) is 0 Å². The number of aromatic hydroxyl groups is 1. The van der Waals surface area contributed by atoms with Gasteiger partial charge in [0.05, 0.1) is 5.56 Å². The van der Waals surface area contributed by atoms with E-state index in [-0.39, 0.29) is 11.3 Å². The molecule has 7 heteroatoms. The van der Waals surface area contributed by atoms with Crippen LogP contribution in [0.4, 0.5) is 4.79 Å². The Balaban J connectivity index is 2.04. The molecule has 0 aliphatic carbocycles. The number of carbonyl (C=O) groups excluding carboxylic acids is 3. The fourth-order valence-electron chi connectivity index (χ4n) is 1.96. The molecule has 0 saturated heterocycles. The molecule has 4 N–H and O–H groups in total. The normalized spacial score (nSPS) is 11.4. The summed E-state index contributed by atoms with van der Waals surface area (Å²) in [5.74, 6) is -1.32. The fraction of sp³-hybridized carbons (Fsp3) is 0.118. The van der Waals surface area contributed by atoms with Crippen LogP contribution in [0.1, 0.15) is 17.3 Å². The Bertz CT molecular complexity index is 754. The van der Waals surface area contributed by atoms with Crippen LogP contribution in [-0.2, 0) is 9.53 Å². The SMILES string of the molecule is C[C@@H](OC(=O)c1ccc(-c2ccc(O)cc2)cc1)C(=O)NC(N)=O. The van der Waals surface area contributed by atoms with Crippen molar-refractivity contribution in [3.63, 3.8) is 0 Å². The van der Waals surface area contributed by atoms with Gasteiger partial charge in [-0.3, -0.25) is 10.1 Å². The number of primary amides is 1. The zero-order valence-corrected chi connectivity index (χ0v) is 12.9. The minimum absolute atomic E-state index is 0.169. The molecule has 0 heterocycles. The van der Waals surface area contributed by atoms with Crippen LogP contribution in [0.25, 0.3) is 11.1 Å². The molecule has 0 aliphatic heterocycles. The highest BCUT2D eigenvalue weighted by Crippen LogP contribution is 2.22. The second kappa shape index (κ2) is 7.28. The third-order valence-electron chi connectivity index (χ3n) is 3.22. The average molecular weight is 328 g/mol. The average Bonchev–Trinajstić information content (AvgIpc) is 2.55. The molecule has 0 unspecified atom stereocenters. The van der Waals surface area contributed by atoms with E-state index in [1.807, 2.05) is 5.32 Å². The number of benzene rings is 2. The first-order valence-electron chi connectivity index (χ1n) is 7.07. The van der Waals surface area contributed by atoms with E-state index in [0.29, 0.717) is 0 Å². The molecule has 0 aliphatic rings. The third-order valence-corrected chi connectivity index (χ3v) is 3.22. The Morgan fingerprint density at radius 2 is 1.50 bits per heavy atom. The number of ether oxygens (including phenoxy) is 1. The number of nitrogens with two attached hydrogens (primary N) is 1. The quantitative estimate of drug-likeness (QED) is 0.739. The van der Waals surface area contributed by atoms with E-state index in [1.54, 1.807) is 48.5 Å². The maximum atomic E-state index is 12.0. The summed E-state index contributed by atoms with van der Waals surface area (Å²) in [4.78, 5) is 34.1. The lowest BCUT2D eigenvalue weighted by atomic mass is 10.0. The summed E-state index contributed by atoms with van der Waals surface area (Å²) in [6.07, 6.45) is -1.15. The largest absolute Gasteiger partial charge is 0.508 e. The molecule has 0 aromatic heterocycles. The van der Waals surface area contributed by atoms with Gasteiger partial charge in [0.25, 0.3) is 5.91 Å². The van der Waals surface area contributed by atoms with Crippen molar-refractivity contribution < 1.29 is 24.2 Å². The van der Waals surface area contributed by atoms with Crippen LogP contribution < -0.4 is 11.1 Å². The van der Waals surface area contributed by atoms with Crippen molar-refractivity contribution >= 4 is 17.9 Å². The van der Waals surface area contributed by atoms with Crippen molar-refractivity contribution in [2.24, 2.45) is 5.73 Å². The zero-order valence-electron chi connectivity index (χ0n) is 12.9. The number of carbonyl (C=O) groups is 3. The molecule has 1 atom stereocenters. The van der Waals surface area contributed by atoms with Gasteiger partial charge in [-0.25, -0.2) is 9.59 Å². The molecule has 0 bridgehead atoms. The van der Waals surface area contributed by atoms with Gasteiger partial charge in [-0.1, -0.05) is 24.3 Å². The molecule has 3 amide bonds. The molecule has 124 valence electrons. The smallest absolute Gasteiger partial charge is 0.338 e. The Hall–Kier alpha value is -3.35. The van der Waals surface area contributed by atoms with E-state index in [2.05, 4.69) is 0 Å². The van der Waals surface area contributed by atoms with E-state index in [4.69, 9.17) is 10.5 Å². The lowest BCUT2D eigenvalue weighted by Crippen LogP contribution is -2.42. The number of urea groups is 1. The standard InChI is InChI=1S/C17H16N2O5/c1-10(15(21)19-17(18)23)24-16(22)13-4-2-11(3-5-13)12-6-8-14(20)9-7-12/h2-10,20H,1H3,(H3,18,19,21,23)/t10-/m1/s1. The minimum Gasteiger partial charge on any atom is -0.508 e. The molecule has 2 aromatic carbocycles. The molecule has 2 rings (SSSR count). The van der Waals surface area contributed by atoms with Gasteiger partial charge < -0.3 is 15.6 Å². The van der Waals surface area contributed by atoms with Crippen molar-refractivity contribution in [2.75, 3.05) is 0 Å². The van der Waals surface area contributed by atoms with E-state index >= 15 is 0 Å². The third kappa shape index (κ3) is 4.33. The fourth-order valence-corrected chi connectivity index (χ4v) is 1.96. The van der Waals surface area contributed by atoms with Crippen molar-refractivity contribution in [2.45, 2.75) is 13.0 Å². The van der Waals surface area contributed by atoms with E-state index in [9.17, 15) is 19.5 Å². The van der Waals surface area contributed by atoms with E-state index in [1.165, 1.54) is 6.92 Å². The number of imide groups is 1. The van der Waals surface area contributed by atoms with Crippen LogP contribution >= 0.6 is 0 Å². The highest BCUT2D eigenvalue weighted by molar-refractivity contribution is 5.98. The first-order chi connectivity index (χ1) is 11.4. The first kappa shape index (κ1) is 17.0. The predicted molar refractivity (Wildman–Crippen MR) is 86.1 cm³/mol. The van der Waals surface area contributed by atoms with Crippen molar-refractivity contribution in [1.29, 1.82) is 0 Å². The molecule has 7 nitrogen and oxygen atoms in total. The molecule has 0 saturated carbocycles. The van der Waals surface area contributed by atoms with Crippen LogP contribution in [0.2, 0.25) is 0 Å². The number of nitrogens with one attached hydrogen (secondary N) is 1. The lowest BCUT2D eigenvalue weighted by Gasteiger charge is -2.12. The van der Waals surface area contributed by atoms with Crippen LogP contribution in [0.5, 0.6) is 5.75 Å². The van der Waals surface area contributed by atoms with Crippen LogP contribution in [0.3, 0.4) is 0 Å². The number of esters is 1. The molecule has 0 spiro atoms. The maximum absolute atomic E-state index is 12.0. The van der Waals surface area contributed by atoms with Gasteiger partial charge in [0, 0.05) is 0 Å². The topological polar surface area (TPSA) is 119 Å². The number of rotatable bonds is 4. The highest BCUT2D eigenvalue weighted by Gasteiger charge is 2.19. The minimum atomic E-state index is -1.15. The van der Waals surface area contributed by atoms with Gasteiger partial charge >= 0.3 is 12.0 Å². The molecule has 24 heavy (non-hydrogen) atoms. The number of amides is 3. The van der Waals surface area contributed by atoms with E-state index in [0.717, 1.165) is 11.1 Å². The summed E-state index contributed by atoms with van der Waals surface area (Å²) < 4.78 is 4.97. The van der Waals surface area contributed by atoms with Crippen LogP contribution in [-0.4, -0.2) is 29.1 Å². The molecule has 0 radical (unpaired) electrons. The van der Waals surface area contributed by atoms with Crippen LogP contribution in [0.15, 0.2) is 48.5 Å². The van der Waals surface area contributed by atoms with Crippen molar-refractivity contribution in [1.82, 2.24) is 5.32 Å². The summed E-state index contributed by atoms with van der Waals surface area (Å²) in [5, 5.41) is 11.1. The molecule has 0 fully saturated rings. The monoisotopic (exact) mass is 328 g/mol. The number of hydrogen-bond donors (Lipinski definition) is 3. The van der Waals surface area contributed by atoms with Gasteiger partial charge in [0.15, 0.2) is 6.10 Å². The summed E-state index contributed by atoms with van der Waals surface area (Å²) in [7, 11) is 0. The molecular formula is C17H16N2O5. The second-order valence-electron chi connectivity index (χ2n) is 5.03. The zero-order chi connectivity index (χ0) is 17.7. The van der Waals surface area contributed by atoms with Gasteiger partial charge in [-0.15, -0.1) is 0 Å². The number of phenols is 1. The second-order valence-corrected chi connectivity index (χ2v) is 5.03. The molecular weight excluding hydrogens is 312 g/mol. The maximum Gasteiger partial charge on any atom is 0.338 e. The number of phenolic OH excluding ortho intramolecular Hbond substituents is 1. The highest BCUT2D eigenvalue weighted by atomic mass is 16.5. The van der Waals surface area contributed by atoms with Crippen molar-refractivity contribution in [3.8, 4) is 16.9 Å². The van der Waals surface area contributed by atoms with Gasteiger partial charge in [-0.2, -0.15) is 0 Å². The van der Waals surface area contributed by atoms with E-state index < -0.39 is 24.0 Å². The Kier molecular flexibility index (Phi) is 5.16. The Morgan fingerprint density at radius 3 is 2.00 bits per heavy atom. The lowest BCUT2D eigenvalue weighted by molar-refractivity contribution is -0.127. The summed E-state index contributed by atoms with van der Waals surface area (Å²) in [5.41, 5.74) is 6.82. The first-order valence-corrected chi connectivity index (χ1v) is 7.07. The Labute approximate surface area is 138 Å². The van der Waals surface area contributed by atoms with Crippen molar-refractivity contribution in [3.05, 3.63) is 54.1 Å². The van der Waals surface area contributed by atoms with Gasteiger partial charge in [0.2, 0.25) is 0 Å². The summed E-state index contributed by atoms with van der Waals surface area (Å²) >= 11 is 0. The van der Waals surface area contributed by atoms with Gasteiger partial charge in [-0.05, 0) is 42.3 Å². The predicted octanol–water partition coefficient (Wildman–Crippen LogP) is 1.80.